The third-order valence-corrected chi connectivity index (χ3v) is 5.89. The van der Waals surface area contributed by atoms with E-state index in [2.05, 4.69) is 5.32 Å². The minimum Gasteiger partial charge on any atom is -0.383 e. The number of sulfonamides is 1. The molecule has 0 amide bonds. The molecule has 0 aromatic heterocycles. The maximum atomic E-state index is 12.5. The summed E-state index contributed by atoms with van der Waals surface area (Å²) in [5.41, 5.74) is 0. The fourth-order valence-electron chi connectivity index (χ4n) is 2.02. The Kier molecular flexibility index (Phi) is 4.64. The van der Waals surface area contributed by atoms with Gasteiger partial charge in [-0.15, -0.1) is 0 Å². The predicted molar refractivity (Wildman–Crippen MR) is 71.0 cm³/mol. The van der Waals surface area contributed by atoms with Crippen LogP contribution in [0.5, 0.6) is 0 Å². The SMILES string of the molecule is COCCN(C1CC1)S(=O)(=O)C(C)CNC1CC1. The lowest BCUT2D eigenvalue weighted by molar-refractivity contribution is 0.177. The van der Waals surface area contributed by atoms with Crippen molar-refractivity contribution >= 4 is 10.0 Å². The van der Waals surface area contributed by atoms with E-state index >= 15 is 0 Å². The lowest BCUT2D eigenvalue weighted by Crippen LogP contribution is -2.44. The van der Waals surface area contributed by atoms with Crippen LogP contribution in [0.4, 0.5) is 0 Å². The summed E-state index contributed by atoms with van der Waals surface area (Å²) in [7, 11) is -1.58. The highest BCUT2D eigenvalue weighted by molar-refractivity contribution is 7.89. The lowest BCUT2D eigenvalue weighted by Gasteiger charge is -2.25. The molecule has 1 unspecified atom stereocenters. The first-order valence-electron chi connectivity index (χ1n) is 6.78. The second-order valence-corrected chi connectivity index (χ2v) is 7.68. The Morgan fingerprint density at radius 1 is 1.33 bits per heavy atom. The number of methoxy groups -OCH3 is 1. The summed E-state index contributed by atoms with van der Waals surface area (Å²) >= 11 is 0. The van der Waals surface area contributed by atoms with Gasteiger partial charge in [0.2, 0.25) is 10.0 Å². The van der Waals surface area contributed by atoms with Crippen LogP contribution in [0.15, 0.2) is 0 Å². The van der Waals surface area contributed by atoms with Gasteiger partial charge in [-0.3, -0.25) is 0 Å². The van der Waals surface area contributed by atoms with Gasteiger partial charge >= 0.3 is 0 Å². The predicted octanol–water partition coefficient (Wildman–Crippen LogP) is 0.568. The van der Waals surface area contributed by atoms with E-state index < -0.39 is 10.0 Å². The van der Waals surface area contributed by atoms with Crippen molar-refractivity contribution in [3.8, 4) is 0 Å². The van der Waals surface area contributed by atoms with Crippen LogP contribution in [0, 0.1) is 0 Å². The van der Waals surface area contributed by atoms with Gasteiger partial charge in [0.05, 0.1) is 11.9 Å². The van der Waals surface area contributed by atoms with Crippen LogP contribution in [0.25, 0.3) is 0 Å². The summed E-state index contributed by atoms with van der Waals surface area (Å²) in [6.07, 6.45) is 4.35. The van der Waals surface area contributed by atoms with Crippen LogP contribution >= 0.6 is 0 Å². The molecule has 0 heterocycles. The lowest BCUT2D eigenvalue weighted by atomic mass is 10.4. The quantitative estimate of drug-likeness (QED) is 0.669. The van der Waals surface area contributed by atoms with Gasteiger partial charge in [0.15, 0.2) is 0 Å². The standard InChI is InChI=1S/C12H24N2O3S/c1-10(9-13-11-3-4-11)18(15,16)14(7-8-17-2)12-5-6-12/h10-13H,3-9H2,1-2H3. The number of ether oxygens (including phenoxy) is 1. The van der Waals surface area contributed by atoms with Gasteiger partial charge in [0.25, 0.3) is 0 Å². The van der Waals surface area contributed by atoms with Crippen LogP contribution in [-0.2, 0) is 14.8 Å². The molecule has 0 bridgehead atoms. The number of hydrogen-bond donors (Lipinski definition) is 1. The molecule has 2 aliphatic rings. The number of hydrogen-bond acceptors (Lipinski definition) is 4. The molecule has 0 radical (unpaired) electrons. The molecule has 2 saturated carbocycles. The summed E-state index contributed by atoms with van der Waals surface area (Å²) in [5.74, 6) is 0. The molecule has 2 aliphatic carbocycles. The van der Waals surface area contributed by atoms with E-state index in [-0.39, 0.29) is 11.3 Å². The van der Waals surface area contributed by atoms with E-state index in [9.17, 15) is 8.42 Å². The molecule has 0 aromatic rings. The summed E-state index contributed by atoms with van der Waals surface area (Å²) in [5, 5.41) is 2.94. The molecule has 1 N–H and O–H groups in total. The van der Waals surface area contributed by atoms with Gasteiger partial charge in [0.1, 0.15) is 0 Å². The van der Waals surface area contributed by atoms with Crippen molar-refractivity contribution < 1.29 is 13.2 Å². The summed E-state index contributed by atoms with van der Waals surface area (Å²) in [6, 6.07) is 0.768. The van der Waals surface area contributed by atoms with E-state index in [1.165, 1.54) is 12.8 Å². The zero-order valence-corrected chi connectivity index (χ0v) is 12.1. The van der Waals surface area contributed by atoms with Crippen LogP contribution in [-0.4, -0.2) is 56.9 Å². The molecule has 0 aromatic carbocycles. The first kappa shape index (κ1) is 14.2. The van der Waals surface area contributed by atoms with Gasteiger partial charge in [-0.25, -0.2) is 8.42 Å². The van der Waals surface area contributed by atoms with E-state index in [4.69, 9.17) is 4.74 Å². The minimum absolute atomic E-state index is 0.216. The molecule has 0 aliphatic heterocycles. The van der Waals surface area contributed by atoms with Crippen molar-refractivity contribution in [3.05, 3.63) is 0 Å². The number of rotatable bonds is 9. The van der Waals surface area contributed by atoms with Crippen molar-refractivity contribution in [3.63, 3.8) is 0 Å². The summed E-state index contributed by atoms with van der Waals surface area (Å²) < 4.78 is 31.6. The molecule has 0 spiro atoms. The monoisotopic (exact) mass is 276 g/mol. The second-order valence-electron chi connectivity index (χ2n) is 5.37. The highest BCUT2D eigenvalue weighted by Gasteiger charge is 2.39. The Balaban J connectivity index is 1.91. The van der Waals surface area contributed by atoms with Gasteiger partial charge in [0, 0.05) is 32.3 Å². The molecule has 106 valence electrons. The smallest absolute Gasteiger partial charge is 0.218 e. The van der Waals surface area contributed by atoms with Crippen LogP contribution in [0.3, 0.4) is 0 Å². The molecule has 2 rings (SSSR count). The highest BCUT2D eigenvalue weighted by Crippen LogP contribution is 2.30. The van der Waals surface area contributed by atoms with Gasteiger partial charge in [-0.1, -0.05) is 0 Å². The largest absolute Gasteiger partial charge is 0.383 e. The minimum atomic E-state index is -3.19. The molecular formula is C12H24N2O3S. The van der Waals surface area contributed by atoms with E-state index in [1.54, 1.807) is 18.3 Å². The van der Waals surface area contributed by atoms with Gasteiger partial charge in [-0.05, 0) is 32.6 Å². The average Bonchev–Trinajstić information content (AvgIpc) is 3.18. The molecule has 0 saturated heterocycles. The Morgan fingerprint density at radius 2 is 2.00 bits per heavy atom. The normalized spacial score (nSPS) is 22.4. The maximum absolute atomic E-state index is 12.5. The van der Waals surface area contributed by atoms with Crippen LogP contribution < -0.4 is 5.32 Å². The zero-order valence-electron chi connectivity index (χ0n) is 11.3. The van der Waals surface area contributed by atoms with Crippen molar-refractivity contribution in [2.45, 2.75) is 49.9 Å². The summed E-state index contributed by atoms with van der Waals surface area (Å²) in [6.45, 7) is 3.31. The average molecular weight is 276 g/mol. The third kappa shape index (κ3) is 3.66. The highest BCUT2D eigenvalue weighted by atomic mass is 32.2. The number of nitrogens with one attached hydrogen (secondary N) is 1. The molecule has 2 fully saturated rings. The van der Waals surface area contributed by atoms with Crippen molar-refractivity contribution in [1.29, 1.82) is 0 Å². The molecule has 18 heavy (non-hydrogen) atoms. The van der Waals surface area contributed by atoms with Crippen molar-refractivity contribution in [2.24, 2.45) is 0 Å². The fraction of sp³-hybridized carbons (Fsp3) is 1.00. The third-order valence-electron chi connectivity index (χ3n) is 3.58. The number of nitrogens with zero attached hydrogens (tertiary/aromatic N) is 1. The zero-order chi connectivity index (χ0) is 13.2. The molecule has 5 nitrogen and oxygen atoms in total. The van der Waals surface area contributed by atoms with Crippen molar-refractivity contribution in [2.75, 3.05) is 26.8 Å². The molecule has 6 heteroatoms. The molecule has 1 atom stereocenters. The van der Waals surface area contributed by atoms with E-state index in [1.807, 2.05) is 0 Å². The Bertz CT molecular complexity index is 364. The first-order valence-corrected chi connectivity index (χ1v) is 8.29. The Hall–Kier alpha value is -0.170. The van der Waals surface area contributed by atoms with Gasteiger partial charge in [-0.2, -0.15) is 4.31 Å². The van der Waals surface area contributed by atoms with Crippen molar-refractivity contribution in [1.82, 2.24) is 9.62 Å². The maximum Gasteiger partial charge on any atom is 0.218 e. The Labute approximate surface area is 110 Å². The van der Waals surface area contributed by atoms with E-state index in [0.29, 0.717) is 25.7 Å². The topological polar surface area (TPSA) is 58.6 Å². The molecular weight excluding hydrogens is 252 g/mol. The van der Waals surface area contributed by atoms with E-state index in [0.717, 1.165) is 12.8 Å². The second kappa shape index (κ2) is 5.86. The van der Waals surface area contributed by atoms with Gasteiger partial charge < -0.3 is 10.1 Å². The van der Waals surface area contributed by atoms with Crippen LogP contribution in [0.1, 0.15) is 32.6 Å². The fourth-order valence-corrected chi connectivity index (χ4v) is 3.74. The van der Waals surface area contributed by atoms with Crippen LogP contribution in [0.2, 0.25) is 0 Å². The Morgan fingerprint density at radius 3 is 2.50 bits per heavy atom. The first-order chi connectivity index (χ1) is 8.55. The summed E-state index contributed by atoms with van der Waals surface area (Å²) in [4.78, 5) is 0.